The molecule has 0 aliphatic rings. The van der Waals surface area contributed by atoms with E-state index in [1.807, 2.05) is 29.7 Å². The summed E-state index contributed by atoms with van der Waals surface area (Å²) < 4.78 is 3.84. The molecule has 0 bridgehead atoms. The van der Waals surface area contributed by atoms with Crippen LogP contribution in [0.3, 0.4) is 0 Å². The molecule has 0 N–H and O–H groups in total. The van der Waals surface area contributed by atoms with Crippen molar-refractivity contribution in [1.29, 1.82) is 0 Å². The van der Waals surface area contributed by atoms with Gasteiger partial charge in [-0.2, -0.15) is 0 Å². The molecule has 0 saturated carbocycles. The summed E-state index contributed by atoms with van der Waals surface area (Å²) in [5.41, 5.74) is 2.36. The number of hydrogen-bond acceptors (Lipinski definition) is 2. The average Bonchev–Trinajstić information content (AvgIpc) is 2.80. The van der Waals surface area contributed by atoms with Gasteiger partial charge in [-0.3, -0.25) is 4.57 Å². The number of hydrogen-bond donors (Lipinski definition) is 0. The highest BCUT2D eigenvalue weighted by atomic mass is 79.9. The summed E-state index contributed by atoms with van der Waals surface area (Å²) in [5.74, 6) is 0.722. The van der Waals surface area contributed by atoms with E-state index in [9.17, 15) is 0 Å². The predicted octanol–water partition coefficient (Wildman–Crippen LogP) is 5.90. The standard InChI is InChI=1S/C14H9Br2Cl2N3/c1-7(17)13-20-11-5-9(18)6-19-14(11)21(13)12-4-8(15)2-3-10(12)16/h2-7H,1H3. The summed E-state index contributed by atoms with van der Waals surface area (Å²) in [6.07, 6.45) is 1.61. The van der Waals surface area contributed by atoms with Crippen molar-refractivity contribution in [2.75, 3.05) is 0 Å². The van der Waals surface area contributed by atoms with Gasteiger partial charge in [0.2, 0.25) is 0 Å². The van der Waals surface area contributed by atoms with E-state index in [-0.39, 0.29) is 5.38 Å². The normalized spacial score (nSPS) is 12.8. The van der Waals surface area contributed by atoms with Gasteiger partial charge in [-0.15, -0.1) is 11.6 Å². The lowest BCUT2D eigenvalue weighted by Gasteiger charge is -2.12. The molecule has 1 unspecified atom stereocenters. The van der Waals surface area contributed by atoms with Crippen LogP contribution in [-0.2, 0) is 0 Å². The molecule has 7 heteroatoms. The molecular formula is C14H9Br2Cl2N3. The lowest BCUT2D eigenvalue weighted by atomic mass is 10.3. The topological polar surface area (TPSA) is 30.7 Å². The Balaban J connectivity index is 2.39. The summed E-state index contributed by atoms with van der Waals surface area (Å²) in [6.45, 7) is 1.88. The van der Waals surface area contributed by atoms with Gasteiger partial charge in [-0.1, -0.05) is 27.5 Å². The molecule has 0 amide bonds. The molecule has 1 atom stereocenters. The Labute approximate surface area is 148 Å². The van der Waals surface area contributed by atoms with Gasteiger partial charge in [-0.05, 0) is 47.1 Å². The third-order valence-corrected chi connectivity index (χ3v) is 4.56. The van der Waals surface area contributed by atoms with Crippen molar-refractivity contribution in [3.05, 3.63) is 50.3 Å². The van der Waals surface area contributed by atoms with E-state index in [1.54, 1.807) is 12.3 Å². The van der Waals surface area contributed by atoms with Crippen molar-refractivity contribution >= 4 is 66.2 Å². The monoisotopic (exact) mass is 447 g/mol. The third kappa shape index (κ3) is 2.84. The SMILES string of the molecule is CC(Cl)c1nc2cc(Cl)cnc2n1-c1cc(Br)ccc1Br. The fourth-order valence-corrected chi connectivity index (χ4v) is 3.19. The Bertz CT molecular complexity index is 830. The maximum atomic E-state index is 6.29. The fraction of sp³-hybridized carbons (Fsp3) is 0.143. The molecule has 0 saturated heterocycles. The number of halogens is 4. The maximum Gasteiger partial charge on any atom is 0.164 e. The highest BCUT2D eigenvalue weighted by Crippen LogP contribution is 2.33. The molecule has 3 nitrogen and oxygen atoms in total. The highest BCUT2D eigenvalue weighted by Gasteiger charge is 2.19. The molecule has 108 valence electrons. The summed E-state index contributed by atoms with van der Waals surface area (Å²) in [7, 11) is 0. The molecule has 0 radical (unpaired) electrons. The molecule has 0 fully saturated rings. The van der Waals surface area contributed by atoms with E-state index in [1.165, 1.54) is 0 Å². The zero-order valence-electron chi connectivity index (χ0n) is 10.8. The summed E-state index contributed by atoms with van der Waals surface area (Å²) in [4.78, 5) is 8.97. The minimum atomic E-state index is -0.260. The van der Waals surface area contributed by atoms with Gasteiger partial charge in [-0.25, -0.2) is 9.97 Å². The summed E-state index contributed by atoms with van der Waals surface area (Å²) >= 11 is 19.4. The van der Waals surface area contributed by atoms with Crippen LogP contribution in [0.25, 0.3) is 16.9 Å². The van der Waals surface area contributed by atoms with E-state index in [4.69, 9.17) is 23.2 Å². The van der Waals surface area contributed by atoms with Crippen LogP contribution < -0.4 is 0 Å². The van der Waals surface area contributed by atoms with Crippen LogP contribution in [0, 0.1) is 0 Å². The van der Waals surface area contributed by atoms with Crippen molar-refractivity contribution in [1.82, 2.24) is 14.5 Å². The van der Waals surface area contributed by atoms with Gasteiger partial charge in [0.15, 0.2) is 5.65 Å². The van der Waals surface area contributed by atoms with Gasteiger partial charge in [0.05, 0.1) is 16.1 Å². The lowest BCUT2D eigenvalue weighted by Crippen LogP contribution is -2.03. The van der Waals surface area contributed by atoms with Crippen LogP contribution in [0.4, 0.5) is 0 Å². The van der Waals surface area contributed by atoms with Crippen molar-refractivity contribution in [2.24, 2.45) is 0 Å². The Morgan fingerprint density at radius 3 is 2.71 bits per heavy atom. The number of fused-ring (bicyclic) bond motifs is 1. The van der Waals surface area contributed by atoms with Crippen LogP contribution >= 0.6 is 55.1 Å². The number of pyridine rings is 1. The van der Waals surface area contributed by atoms with Gasteiger partial charge < -0.3 is 0 Å². The van der Waals surface area contributed by atoms with E-state index in [2.05, 4.69) is 41.8 Å². The number of aromatic nitrogens is 3. The number of rotatable bonds is 2. The molecule has 1 aromatic carbocycles. The van der Waals surface area contributed by atoms with E-state index >= 15 is 0 Å². The molecule has 21 heavy (non-hydrogen) atoms. The smallest absolute Gasteiger partial charge is 0.164 e. The van der Waals surface area contributed by atoms with Crippen LogP contribution in [0.15, 0.2) is 39.4 Å². The first-order valence-corrected chi connectivity index (χ1v) is 8.51. The fourth-order valence-electron chi connectivity index (χ4n) is 2.12. The Kier molecular flexibility index (Phi) is 4.28. The first-order valence-electron chi connectivity index (χ1n) is 6.11. The van der Waals surface area contributed by atoms with E-state index < -0.39 is 0 Å². The predicted molar refractivity (Wildman–Crippen MR) is 93.5 cm³/mol. The minimum absolute atomic E-state index is 0.260. The molecule has 3 aromatic rings. The van der Waals surface area contributed by atoms with Gasteiger partial charge >= 0.3 is 0 Å². The Morgan fingerprint density at radius 2 is 2.00 bits per heavy atom. The second-order valence-electron chi connectivity index (χ2n) is 4.51. The molecule has 0 spiro atoms. The molecule has 3 rings (SSSR count). The van der Waals surface area contributed by atoms with E-state index in [0.717, 1.165) is 31.6 Å². The maximum absolute atomic E-state index is 6.29. The molecule has 2 aromatic heterocycles. The first-order chi connectivity index (χ1) is 9.97. The minimum Gasteiger partial charge on any atom is -0.278 e. The van der Waals surface area contributed by atoms with Gasteiger partial charge in [0.1, 0.15) is 11.3 Å². The van der Waals surface area contributed by atoms with Crippen LogP contribution in [0.1, 0.15) is 18.1 Å². The van der Waals surface area contributed by atoms with Crippen molar-refractivity contribution < 1.29 is 0 Å². The third-order valence-electron chi connectivity index (χ3n) is 2.99. The van der Waals surface area contributed by atoms with Crippen LogP contribution in [-0.4, -0.2) is 14.5 Å². The second kappa shape index (κ2) is 5.88. The van der Waals surface area contributed by atoms with Crippen molar-refractivity contribution in [3.8, 4) is 5.69 Å². The van der Waals surface area contributed by atoms with Crippen molar-refractivity contribution in [2.45, 2.75) is 12.3 Å². The first kappa shape index (κ1) is 15.3. The lowest BCUT2D eigenvalue weighted by molar-refractivity contribution is 0.874. The molecule has 2 heterocycles. The van der Waals surface area contributed by atoms with Gasteiger partial charge in [0, 0.05) is 15.1 Å². The highest BCUT2D eigenvalue weighted by molar-refractivity contribution is 9.11. The quantitative estimate of drug-likeness (QED) is 0.456. The van der Waals surface area contributed by atoms with Gasteiger partial charge in [0.25, 0.3) is 0 Å². The number of alkyl halides is 1. The largest absolute Gasteiger partial charge is 0.278 e. The summed E-state index contributed by atoms with van der Waals surface area (Å²) in [5, 5.41) is 0.290. The zero-order valence-corrected chi connectivity index (χ0v) is 15.5. The van der Waals surface area contributed by atoms with Crippen LogP contribution in [0.2, 0.25) is 5.02 Å². The second-order valence-corrected chi connectivity index (χ2v) is 7.37. The van der Waals surface area contributed by atoms with Crippen molar-refractivity contribution in [3.63, 3.8) is 0 Å². The molecule has 0 aliphatic heterocycles. The number of benzene rings is 1. The molecular weight excluding hydrogens is 441 g/mol. The Hall–Kier alpha value is -0.620. The van der Waals surface area contributed by atoms with E-state index in [0.29, 0.717) is 5.02 Å². The average molecular weight is 450 g/mol. The zero-order chi connectivity index (χ0) is 15.1. The number of nitrogens with zero attached hydrogens (tertiary/aromatic N) is 3. The van der Waals surface area contributed by atoms with Crippen LogP contribution in [0.5, 0.6) is 0 Å². The number of imidazole rings is 1. The molecule has 0 aliphatic carbocycles. The summed E-state index contributed by atoms with van der Waals surface area (Å²) in [6, 6.07) is 7.70. The Morgan fingerprint density at radius 1 is 1.24 bits per heavy atom.